The van der Waals surface area contributed by atoms with E-state index in [1.165, 1.54) is 52.9 Å². The first-order valence-corrected chi connectivity index (χ1v) is 5.76. The Morgan fingerprint density at radius 3 is 1.89 bits per heavy atom. The summed E-state index contributed by atoms with van der Waals surface area (Å²) in [5, 5.41) is 0. The molecule has 1 nitrogen and oxygen atoms in total. The van der Waals surface area contributed by atoms with E-state index in [-0.39, 0.29) is 0 Å². The van der Waals surface area contributed by atoms with Gasteiger partial charge in [-0.15, -0.1) is 0 Å². The lowest BCUT2D eigenvalue weighted by molar-refractivity contribution is 0.349. The van der Waals surface area contributed by atoms with Crippen LogP contribution in [0.5, 0.6) is 0 Å². The fourth-order valence-corrected chi connectivity index (χ4v) is 2.63. The van der Waals surface area contributed by atoms with Crippen LogP contribution in [0.15, 0.2) is 0 Å². The van der Waals surface area contributed by atoms with Crippen molar-refractivity contribution in [3.05, 3.63) is 0 Å². The zero-order valence-electron chi connectivity index (χ0n) is 6.56. The first-order valence-electron chi connectivity index (χ1n) is 3.97. The summed E-state index contributed by atoms with van der Waals surface area (Å²) in [7, 11) is 2.61. The third kappa shape index (κ3) is 2.23. The van der Waals surface area contributed by atoms with Gasteiger partial charge in [0.1, 0.15) is 0 Å². The van der Waals surface area contributed by atoms with Crippen LogP contribution in [0.1, 0.15) is 32.1 Å². The maximum Gasteiger partial charge on any atom is 0.0700 e. The van der Waals surface area contributed by atoms with E-state index in [4.69, 9.17) is 0 Å². The van der Waals surface area contributed by atoms with E-state index in [1.54, 1.807) is 0 Å². The van der Waals surface area contributed by atoms with Crippen molar-refractivity contribution in [3.8, 4) is 0 Å². The van der Waals surface area contributed by atoms with Crippen molar-refractivity contribution in [2.45, 2.75) is 38.1 Å². The zero-order valence-corrected chi connectivity index (χ0v) is 10.6. The molecule has 1 aliphatic carbocycles. The van der Waals surface area contributed by atoms with Crippen molar-refractivity contribution in [1.29, 1.82) is 0 Å². The second-order valence-electron chi connectivity index (χ2n) is 3.26. The molecule has 0 N–H and O–H groups in total. The molecule has 0 spiro atoms. The molecule has 0 aromatic rings. The minimum atomic E-state index is 1.01. The molecule has 0 radical (unpaired) electrons. The Kier molecular flexibility index (Phi) is 2.95. The van der Waals surface area contributed by atoms with E-state index in [9.17, 15) is 0 Å². The molecule has 1 rings (SSSR count). The van der Waals surface area contributed by atoms with Crippen LogP contribution in [0.25, 0.3) is 0 Å². The van der Waals surface area contributed by atoms with E-state index < -0.39 is 0 Å². The monoisotopic (exact) mass is 159 g/mol. The SMILES string of the molecule is [SiH3]N([SiH3])C1CCCCC1. The second-order valence-corrected chi connectivity index (χ2v) is 7.87. The molecule has 1 saturated carbocycles. The third-order valence-corrected chi connectivity index (χ3v) is 3.77. The van der Waals surface area contributed by atoms with Crippen molar-refractivity contribution in [3.63, 3.8) is 0 Å². The summed E-state index contributed by atoms with van der Waals surface area (Å²) in [5.41, 5.74) is 0. The second kappa shape index (κ2) is 3.53. The molecule has 0 aromatic heterocycles. The van der Waals surface area contributed by atoms with Crippen LogP contribution in [0.3, 0.4) is 0 Å². The van der Waals surface area contributed by atoms with Crippen LogP contribution in [0.2, 0.25) is 0 Å². The predicted octanol–water partition coefficient (Wildman–Crippen LogP) is -0.818. The Morgan fingerprint density at radius 2 is 1.56 bits per heavy atom. The van der Waals surface area contributed by atoms with E-state index in [0.717, 1.165) is 6.04 Å². The van der Waals surface area contributed by atoms with Crippen LogP contribution < -0.4 is 0 Å². The molecule has 0 atom stereocenters. The highest BCUT2D eigenvalue weighted by molar-refractivity contribution is 6.25. The Labute approximate surface area is 63.8 Å². The minimum absolute atomic E-state index is 1.01. The summed E-state index contributed by atoms with van der Waals surface area (Å²) < 4.78 is 2.64. The van der Waals surface area contributed by atoms with Crippen molar-refractivity contribution < 1.29 is 0 Å². The highest BCUT2D eigenvalue weighted by Gasteiger charge is 2.13. The zero-order chi connectivity index (χ0) is 6.69. The lowest BCUT2D eigenvalue weighted by Gasteiger charge is -2.28. The van der Waals surface area contributed by atoms with Gasteiger partial charge in [0.15, 0.2) is 0 Å². The van der Waals surface area contributed by atoms with Crippen molar-refractivity contribution in [2.24, 2.45) is 0 Å². The fraction of sp³-hybridized carbons (Fsp3) is 1.00. The Balaban J connectivity index is 2.23. The minimum Gasteiger partial charge on any atom is -0.358 e. The van der Waals surface area contributed by atoms with E-state index >= 15 is 0 Å². The summed E-state index contributed by atoms with van der Waals surface area (Å²) in [6.07, 6.45) is 7.46. The summed E-state index contributed by atoms with van der Waals surface area (Å²) in [4.78, 5) is 0. The van der Waals surface area contributed by atoms with Gasteiger partial charge in [-0.3, -0.25) is 0 Å². The third-order valence-electron chi connectivity index (χ3n) is 2.30. The van der Waals surface area contributed by atoms with Gasteiger partial charge in [-0.1, -0.05) is 19.3 Å². The molecule has 0 aliphatic heterocycles. The van der Waals surface area contributed by atoms with Crippen molar-refractivity contribution in [1.82, 2.24) is 4.23 Å². The molecule has 3 heteroatoms. The number of hydrogen-bond acceptors (Lipinski definition) is 1. The molecule has 0 saturated heterocycles. The molecule has 0 heterocycles. The van der Waals surface area contributed by atoms with Gasteiger partial charge in [-0.2, -0.15) is 0 Å². The summed E-state index contributed by atoms with van der Waals surface area (Å²) in [6.45, 7) is 0. The largest absolute Gasteiger partial charge is 0.358 e. The Morgan fingerprint density at radius 1 is 1.00 bits per heavy atom. The summed E-state index contributed by atoms with van der Waals surface area (Å²) in [5.74, 6) is 0. The van der Waals surface area contributed by atoms with Gasteiger partial charge in [0, 0.05) is 0 Å². The van der Waals surface area contributed by atoms with Gasteiger partial charge in [-0.05, 0) is 18.9 Å². The van der Waals surface area contributed by atoms with Crippen molar-refractivity contribution in [2.75, 3.05) is 0 Å². The number of hydrogen-bond donors (Lipinski definition) is 0. The molecule has 0 amide bonds. The molecule has 54 valence electrons. The molecule has 1 aliphatic rings. The predicted molar refractivity (Wildman–Crippen MR) is 48.6 cm³/mol. The highest BCUT2D eigenvalue weighted by Crippen LogP contribution is 2.19. The Bertz CT molecular complexity index is 79.1. The topological polar surface area (TPSA) is 3.24 Å². The fourth-order valence-electron chi connectivity index (χ4n) is 1.60. The molecular formula is C6H17NSi2. The lowest BCUT2D eigenvalue weighted by atomic mass is 9.96. The number of rotatable bonds is 1. The standard InChI is InChI=1S/C6H17NSi2/c8-7(9)6-4-2-1-3-5-6/h6H,1-5H2,8-9H3. The summed E-state index contributed by atoms with van der Waals surface area (Å²) >= 11 is 0. The molecule has 0 unspecified atom stereocenters. The van der Waals surface area contributed by atoms with Crippen LogP contribution >= 0.6 is 0 Å². The maximum atomic E-state index is 2.64. The van der Waals surface area contributed by atoms with E-state index in [1.807, 2.05) is 0 Å². The first-order chi connectivity index (χ1) is 4.30. The maximum absolute atomic E-state index is 2.64. The normalized spacial score (nSPS) is 23.7. The quantitative estimate of drug-likeness (QED) is 0.452. The van der Waals surface area contributed by atoms with Gasteiger partial charge < -0.3 is 4.23 Å². The average molecular weight is 159 g/mol. The summed E-state index contributed by atoms with van der Waals surface area (Å²) in [6, 6.07) is 1.01. The lowest BCUT2D eigenvalue weighted by Crippen LogP contribution is -2.32. The first kappa shape index (κ1) is 7.50. The van der Waals surface area contributed by atoms with E-state index in [2.05, 4.69) is 4.23 Å². The van der Waals surface area contributed by atoms with Crippen molar-refractivity contribution >= 4 is 20.8 Å². The molecule has 1 fully saturated rings. The van der Waals surface area contributed by atoms with Crippen LogP contribution in [0.4, 0.5) is 0 Å². The smallest absolute Gasteiger partial charge is 0.0700 e. The van der Waals surface area contributed by atoms with Gasteiger partial charge in [0.25, 0.3) is 0 Å². The van der Waals surface area contributed by atoms with E-state index in [0.29, 0.717) is 0 Å². The Hall–Kier alpha value is 0.394. The number of nitrogens with zero attached hydrogens (tertiary/aromatic N) is 1. The van der Waals surface area contributed by atoms with Crippen LogP contribution in [-0.2, 0) is 0 Å². The average Bonchev–Trinajstić information content (AvgIpc) is 1.90. The van der Waals surface area contributed by atoms with Gasteiger partial charge in [0.2, 0.25) is 0 Å². The van der Waals surface area contributed by atoms with Gasteiger partial charge in [-0.25, -0.2) is 0 Å². The molecule has 0 aromatic carbocycles. The highest BCUT2D eigenvalue weighted by atomic mass is 28.2. The van der Waals surface area contributed by atoms with Crippen LogP contribution in [0, 0.1) is 0 Å². The van der Waals surface area contributed by atoms with Gasteiger partial charge in [0.05, 0.1) is 20.8 Å². The molecule has 9 heavy (non-hydrogen) atoms. The van der Waals surface area contributed by atoms with Gasteiger partial charge >= 0.3 is 0 Å². The molecular weight excluding hydrogens is 142 g/mol. The molecule has 0 bridgehead atoms. The van der Waals surface area contributed by atoms with Crippen LogP contribution in [-0.4, -0.2) is 31.1 Å².